The van der Waals surface area contributed by atoms with E-state index in [1.54, 1.807) is 18.2 Å². The lowest BCUT2D eigenvalue weighted by molar-refractivity contribution is -0.0586. The lowest BCUT2D eigenvalue weighted by atomic mass is 10.1. The van der Waals surface area contributed by atoms with Crippen LogP contribution in [-0.2, 0) is 11.3 Å². The Bertz CT molecular complexity index is 815. The molecule has 0 aliphatic carbocycles. The zero-order valence-electron chi connectivity index (χ0n) is 15.3. The lowest BCUT2D eigenvalue weighted by Gasteiger charge is -2.35. The molecule has 2 aromatic rings. The zero-order chi connectivity index (χ0) is 19.4. The minimum Gasteiger partial charge on any atom is -0.372 e. The first-order chi connectivity index (χ1) is 12.9. The van der Waals surface area contributed by atoms with Gasteiger partial charge in [-0.2, -0.15) is 0 Å². The first-order valence-corrected chi connectivity index (χ1v) is 9.23. The number of aromatic nitrogens is 1. The Balaban J connectivity index is 1.58. The highest BCUT2D eigenvalue weighted by Crippen LogP contribution is 2.15. The van der Waals surface area contributed by atoms with Gasteiger partial charge in [-0.05, 0) is 43.7 Å². The van der Waals surface area contributed by atoms with Crippen LogP contribution in [-0.4, -0.2) is 47.0 Å². The topological polar surface area (TPSA) is 71.5 Å². The third-order valence-corrected chi connectivity index (χ3v) is 4.55. The van der Waals surface area contributed by atoms with E-state index in [4.69, 9.17) is 16.3 Å². The minimum atomic E-state index is -0.297. The van der Waals surface area contributed by atoms with Crippen LogP contribution in [0.15, 0.2) is 42.6 Å². The number of morpholine rings is 1. The van der Waals surface area contributed by atoms with Crippen molar-refractivity contribution < 1.29 is 14.3 Å². The summed E-state index contributed by atoms with van der Waals surface area (Å²) in [6, 6.07) is 10.4. The van der Waals surface area contributed by atoms with Gasteiger partial charge in [-0.1, -0.05) is 23.7 Å². The molecule has 2 amide bonds. The van der Waals surface area contributed by atoms with E-state index >= 15 is 0 Å². The molecule has 2 atom stereocenters. The zero-order valence-corrected chi connectivity index (χ0v) is 16.1. The Morgan fingerprint density at radius 3 is 2.48 bits per heavy atom. The molecular formula is C20H22ClN3O3. The van der Waals surface area contributed by atoms with Crippen molar-refractivity contribution in [1.29, 1.82) is 0 Å². The molecule has 0 unspecified atom stereocenters. The summed E-state index contributed by atoms with van der Waals surface area (Å²) < 4.78 is 5.67. The number of nitrogens with zero attached hydrogens (tertiary/aromatic N) is 2. The quantitative estimate of drug-likeness (QED) is 0.875. The van der Waals surface area contributed by atoms with Gasteiger partial charge in [0, 0.05) is 36.4 Å². The van der Waals surface area contributed by atoms with Gasteiger partial charge in [-0.15, -0.1) is 0 Å². The number of nitrogens with one attached hydrogen (secondary N) is 1. The standard InChI is InChI=1S/C20H22ClN3O3/c1-13-11-24(12-14(2)27-13)20(26)16-5-3-15(4-6-16)10-23-19(25)18-9-17(21)7-8-22-18/h3-9,13-14H,10-12H2,1-2H3,(H,23,25)/t13-,14+. The fourth-order valence-electron chi connectivity index (χ4n) is 3.09. The molecule has 2 heterocycles. The maximum absolute atomic E-state index is 12.7. The molecule has 0 radical (unpaired) electrons. The van der Waals surface area contributed by atoms with Gasteiger partial charge < -0.3 is 15.0 Å². The molecule has 1 aliphatic heterocycles. The fourth-order valence-corrected chi connectivity index (χ4v) is 3.25. The smallest absolute Gasteiger partial charge is 0.270 e. The third kappa shape index (κ3) is 5.05. The molecular weight excluding hydrogens is 366 g/mol. The molecule has 1 N–H and O–H groups in total. The van der Waals surface area contributed by atoms with Gasteiger partial charge in [0.25, 0.3) is 11.8 Å². The lowest BCUT2D eigenvalue weighted by Crippen LogP contribution is -2.48. The summed E-state index contributed by atoms with van der Waals surface area (Å²) in [4.78, 5) is 30.6. The molecule has 0 saturated carbocycles. The van der Waals surface area contributed by atoms with E-state index in [9.17, 15) is 9.59 Å². The summed E-state index contributed by atoms with van der Waals surface area (Å²) in [5.41, 5.74) is 1.79. The normalized spacial score (nSPS) is 19.6. The maximum Gasteiger partial charge on any atom is 0.270 e. The molecule has 7 heteroatoms. The van der Waals surface area contributed by atoms with Crippen molar-refractivity contribution in [3.63, 3.8) is 0 Å². The SMILES string of the molecule is C[C@@H]1CN(C(=O)c2ccc(CNC(=O)c3cc(Cl)ccn3)cc2)C[C@H](C)O1. The van der Waals surface area contributed by atoms with Crippen LogP contribution in [0.2, 0.25) is 5.02 Å². The summed E-state index contributed by atoms with van der Waals surface area (Å²) in [6.45, 7) is 5.46. The monoisotopic (exact) mass is 387 g/mol. The van der Waals surface area contributed by atoms with Crippen molar-refractivity contribution in [2.24, 2.45) is 0 Å². The summed E-state index contributed by atoms with van der Waals surface area (Å²) >= 11 is 5.87. The van der Waals surface area contributed by atoms with Crippen LogP contribution < -0.4 is 5.32 Å². The Hall–Kier alpha value is -2.44. The summed E-state index contributed by atoms with van der Waals surface area (Å²) in [7, 11) is 0. The van der Waals surface area contributed by atoms with E-state index in [-0.39, 0.29) is 29.7 Å². The Morgan fingerprint density at radius 2 is 1.85 bits per heavy atom. The molecule has 0 bridgehead atoms. The summed E-state index contributed by atoms with van der Waals surface area (Å²) in [5.74, 6) is -0.301. The van der Waals surface area contributed by atoms with Gasteiger partial charge in [-0.3, -0.25) is 14.6 Å². The number of ether oxygens (including phenoxy) is 1. The van der Waals surface area contributed by atoms with Crippen molar-refractivity contribution in [3.8, 4) is 0 Å². The Labute approximate surface area is 163 Å². The average molecular weight is 388 g/mol. The number of rotatable bonds is 4. The van der Waals surface area contributed by atoms with Crippen molar-refractivity contribution >= 4 is 23.4 Å². The molecule has 1 aromatic carbocycles. The van der Waals surface area contributed by atoms with Gasteiger partial charge in [0.05, 0.1) is 12.2 Å². The van der Waals surface area contributed by atoms with Crippen molar-refractivity contribution in [3.05, 3.63) is 64.4 Å². The van der Waals surface area contributed by atoms with Gasteiger partial charge in [-0.25, -0.2) is 0 Å². The van der Waals surface area contributed by atoms with Crippen LogP contribution in [0.1, 0.15) is 40.3 Å². The molecule has 3 rings (SSSR count). The highest BCUT2D eigenvalue weighted by Gasteiger charge is 2.26. The highest BCUT2D eigenvalue weighted by molar-refractivity contribution is 6.30. The first-order valence-electron chi connectivity index (χ1n) is 8.86. The predicted molar refractivity (Wildman–Crippen MR) is 103 cm³/mol. The maximum atomic E-state index is 12.7. The molecule has 1 aromatic heterocycles. The Morgan fingerprint density at radius 1 is 1.19 bits per heavy atom. The second-order valence-corrected chi connectivity index (χ2v) is 7.14. The molecule has 1 saturated heterocycles. The summed E-state index contributed by atoms with van der Waals surface area (Å²) in [6.07, 6.45) is 1.56. The number of hydrogen-bond donors (Lipinski definition) is 1. The van der Waals surface area contributed by atoms with Crippen LogP contribution in [0.25, 0.3) is 0 Å². The van der Waals surface area contributed by atoms with Gasteiger partial charge >= 0.3 is 0 Å². The molecule has 1 aliphatic rings. The number of benzene rings is 1. The van der Waals surface area contributed by atoms with Gasteiger partial charge in [0.1, 0.15) is 5.69 Å². The van der Waals surface area contributed by atoms with E-state index < -0.39 is 0 Å². The molecule has 0 spiro atoms. The average Bonchev–Trinajstić information content (AvgIpc) is 2.65. The van der Waals surface area contributed by atoms with Crippen LogP contribution in [0.5, 0.6) is 0 Å². The third-order valence-electron chi connectivity index (χ3n) is 4.32. The second kappa shape index (κ2) is 8.50. The van der Waals surface area contributed by atoms with Crippen LogP contribution >= 0.6 is 11.6 Å². The largest absolute Gasteiger partial charge is 0.372 e. The number of amides is 2. The molecule has 1 fully saturated rings. The fraction of sp³-hybridized carbons (Fsp3) is 0.350. The van der Waals surface area contributed by atoms with Crippen molar-refractivity contribution in [2.45, 2.75) is 32.6 Å². The van der Waals surface area contributed by atoms with Crippen LogP contribution in [0.4, 0.5) is 0 Å². The van der Waals surface area contributed by atoms with Crippen molar-refractivity contribution in [2.75, 3.05) is 13.1 Å². The number of hydrogen-bond acceptors (Lipinski definition) is 4. The van der Waals surface area contributed by atoms with Gasteiger partial charge in [0.2, 0.25) is 0 Å². The second-order valence-electron chi connectivity index (χ2n) is 6.71. The van der Waals surface area contributed by atoms with E-state index in [0.717, 1.165) is 5.56 Å². The van der Waals surface area contributed by atoms with E-state index in [1.165, 1.54) is 12.3 Å². The highest BCUT2D eigenvalue weighted by atomic mass is 35.5. The van der Waals surface area contributed by atoms with E-state index in [1.807, 2.05) is 30.9 Å². The minimum absolute atomic E-state index is 0.00397. The van der Waals surface area contributed by atoms with Crippen LogP contribution in [0, 0.1) is 0 Å². The molecule has 142 valence electrons. The molecule has 27 heavy (non-hydrogen) atoms. The van der Waals surface area contributed by atoms with Crippen molar-refractivity contribution in [1.82, 2.24) is 15.2 Å². The van der Waals surface area contributed by atoms with Gasteiger partial charge in [0.15, 0.2) is 0 Å². The number of carbonyl (C=O) groups excluding carboxylic acids is 2. The van der Waals surface area contributed by atoms with E-state index in [2.05, 4.69) is 10.3 Å². The molecule has 6 nitrogen and oxygen atoms in total. The predicted octanol–water partition coefficient (Wildman–Crippen LogP) is 2.91. The summed E-state index contributed by atoms with van der Waals surface area (Å²) in [5, 5.41) is 3.26. The number of halogens is 1. The van der Waals surface area contributed by atoms with E-state index in [0.29, 0.717) is 30.2 Å². The van der Waals surface area contributed by atoms with Crippen LogP contribution in [0.3, 0.4) is 0 Å². The first kappa shape index (κ1) is 19.3. The Kier molecular flexibility index (Phi) is 6.08. The number of pyridine rings is 1. The number of carbonyl (C=O) groups is 2.